The normalized spacial score (nSPS) is 12.5. The van der Waals surface area contributed by atoms with Crippen LogP contribution in [0.3, 0.4) is 0 Å². The van der Waals surface area contributed by atoms with Gasteiger partial charge in [-0.15, -0.1) is 0 Å². The lowest BCUT2D eigenvalue weighted by Gasteiger charge is -2.22. The summed E-state index contributed by atoms with van der Waals surface area (Å²) in [6.45, 7) is 7.63. The van der Waals surface area contributed by atoms with Crippen LogP contribution >= 0.6 is 0 Å². The van der Waals surface area contributed by atoms with E-state index in [4.69, 9.17) is 10.9 Å². The number of carbonyl (C=O) groups is 1. The maximum absolute atomic E-state index is 10.6. The first-order chi connectivity index (χ1) is 7.90. The maximum atomic E-state index is 10.6. The standard InChI is InChI=1S/C11H24N4O2/c1-9(16)14-8-7-13-6-4-5-11(2,3)10(12)15-17/h13,17H,4-8H2,1-3H3,(H2,12,15)(H,14,16). The molecule has 0 heterocycles. The van der Waals surface area contributed by atoms with Crippen molar-refractivity contribution in [2.75, 3.05) is 19.6 Å². The zero-order valence-corrected chi connectivity index (χ0v) is 10.9. The fraction of sp³-hybridized carbons (Fsp3) is 0.818. The van der Waals surface area contributed by atoms with Crippen LogP contribution in [0, 0.1) is 5.41 Å². The molecule has 0 fully saturated rings. The van der Waals surface area contributed by atoms with Crippen LogP contribution < -0.4 is 16.4 Å². The summed E-state index contributed by atoms with van der Waals surface area (Å²) in [6, 6.07) is 0. The second kappa shape index (κ2) is 7.89. The fourth-order valence-corrected chi connectivity index (χ4v) is 1.37. The summed E-state index contributed by atoms with van der Waals surface area (Å²) in [6.07, 6.45) is 1.78. The molecule has 0 saturated heterocycles. The third-order valence-corrected chi connectivity index (χ3v) is 2.63. The molecule has 0 aliphatic carbocycles. The van der Waals surface area contributed by atoms with E-state index in [2.05, 4.69) is 15.8 Å². The monoisotopic (exact) mass is 244 g/mol. The van der Waals surface area contributed by atoms with Crippen LogP contribution in [-0.4, -0.2) is 36.6 Å². The number of carbonyl (C=O) groups excluding carboxylic acids is 1. The number of amidine groups is 1. The number of nitrogens with one attached hydrogen (secondary N) is 2. The van der Waals surface area contributed by atoms with E-state index in [1.54, 1.807) is 0 Å². The SMILES string of the molecule is CC(=O)NCCNCCCC(C)(C)C(N)=NO. The van der Waals surface area contributed by atoms with Gasteiger partial charge in [0.05, 0.1) is 0 Å². The predicted molar refractivity (Wildman–Crippen MR) is 68.0 cm³/mol. The Bertz CT molecular complexity index is 264. The van der Waals surface area contributed by atoms with Crippen LogP contribution in [0.5, 0.6) is 0 Å². The van der Waals surface area contributed by atoms with Gasteiger partial charge in [-0.25, -0.2) is 0 Å². The third-order valence-electron chi connectivity index (χ3n) is 2.63. The van der Waals surface area contributed by atoms with Crippen molar-refractivity contribution in [3.63, 3.8) is 0 Å². The number of hydrogen-bond acceptors (Lipinski definition) is 4. The molecular weight excluding hydrogens is 220 g/mol. The lowest BCUT2D eigenvalue weighted by molar-refractivity contribution is -0.118. The van der Waals surface area contributed by atoms with E-state index in [-0.39, 0.29) is 17.2 Å². The van der Waals surface area contributed by atoms with Crippen molar-refractivity contribution in [3.8, 4) is 0 Å². The molecule has 0 bridgehead atoms. The maximum Gasteiger partial charge on any atom is 0.216 e. The van der Waals surface area contributed by atoms with Crippen molar-refractivity contribution in [1.29, 1.82) is 0 Å². The summed E-state index contributed by atoms with van der Waals surface area (Å²) in [5, 5.41) is 17.6. The topological polar surface area (TPSA) is 99.7 Å². The largest absolute Gasteiger partial charge is 0.409 e. The Morgan fingerprint density at radius 2 is 2.00 bits per heavy atom. The van der Waals surface area contributed by atoms with Gasteiger partial charge in [-0.2, -0.15) is 0 Å². The van der Waals surface area contributed by atoms with E-state index in [9.17, 15) is 4.79 Å². The van der Waals surface area contributed by atoms with Crippen molar-refractivity contribution >= 4 is 11.7 Å². The highest BCUT2D eigenvalue weighted by atomic mass is 16.4. The van der Waals surface area contributed by atoms with Gasteiger partial charge in [-0.3, -0.25) is 4.79 Å². The molecule has 0 aromatic rings. The van der Waals surface area contributed by atoms with Gasteiger partial charge in [0.25, 0.3) is 0 Å². The molecule has 0 aromatic heterocycles. The van der Waals surface area contributed by atoms with Gasteiger partial charge in [0, 0.05) is 25.4 Å². The number of hydrogen-bond donors (Lipinski definition) is 4. The van der Waals surface area contributed by atoms with E-state index in [1.165, 1.54) is 6.92 Å². The summed E-state index contributed by atoms with van der Waals surface area (Å²) < 4.78 is 0. The zero-order chi connectivity index (χ0) is 13.3. The summed E-state index contributed by atoms with van der Waals surface area (Å²) in [4.78, 5) is 10.6. The number of nitrogens with two attached hydrogens (primary N) is 1. The van der Waals surface area contributed by atoms with Crippen molar-refractivity contribution in [3.05, 3.63) is 0 Å². The zero-order valence-electron chi connectivity index (χ0n) is 10.9. The summed E-state index contributed by atoms with van der Waals surface area (Å²) in [5.41, 5.74) is 5.29. The molecule has 1 amide bonds. The number of amides is 1. The molecule has 5 N–H and O–H groups in total. The summed E-state index contributed by atoms with van der Waals surface area (Å²) in [7, 11) is 0. The molecule has 0 rings (SSSR count). The summed E-state index contributed by atoms with van der Waals surface area (Å²) >= 11 is 0. The van der Waals surface area contributed by atoms with E-state index in [1.807, 2.05) is 13.8 Å². The molecule has 0 atom stereocenters. The highest BCUT2D eigenvalue weighted by Gasteiger charge is 2.22. The molecule has 0 spiro atoms. The number of oxime groups is 1. The lowest BCUT2D eigenvalue weighted by Crippen LogP contribution is -2.34. The molecule has 0 radical (unpaired) electrons. The molecule has 0 saturated carbocycles. The Labute approximate surface area is 103 Å². The Morgan fingerprint density at radius 1 is 1.35 bits per heavy atom. The molecule has 0 unspecified atom stereocenters. The predicted octanol–water partition coefficient (Wildman–Crippen LogP) is 0.265. The second-order valence-corrected chi connectivity index (χ2v) is 4.71. The Hall–Kier alpha value is -1.30. The van der Waals surface area contributed by atoms with Crippen molar-refractivity contribution in [2.45, 2.75) is 33.6 Å². The van der Waals surface area contributed by atoms with Gasteiger partial charge in [0.1, 0.15) is 5.84 Å². The third kappa shape index (κ3) is 7.57. The molecule has 0 aliphatic rings. The van der Waals surface area contributed by atoms with Crippen LogP contribution in [0.2, 0.25) is 0 Å². The van der Waals surface area contributed by atoms with E-state index in [0.29, 0.717) is 6.54 Å². The molecule has 6 heteroatoms. The Kier molecular flexibility index (Phi) is 7.29. The highest BCUT2D eigenvalue weighted by molar-refractivity contribution is 5.85. The van der Waals surface area contributed by atoms with Crippen LogP contribution in [0.4, 0.5) is 0 Å². The quantitative estimate of drug-likeness (QED) is 0.162. The molecule has 100 valence electrons. The van der Waals surface area contributed by atoms with Crippen molar-refractivity contribution < 1.29 is 10.0 Å². The van der Waals surface area contributed by atoms with Crippen LogP contribution in [0.25, 0.3) is 0 Å². The molecule has 17 heavy (non-hydrogen) atoms. The first kappa shape index (κ1) is 15.7. The van der Waals surface area contributed by atoms with Crippen LogP contribution in [-0.2, 0) is 4.79 Å². The number of rotatable bonds is 8. The highest BCUT2D eigenvalue weighted by Crippen LogP contribution is 2.21. The van der Waals surface area contributed by atoms with E-state index in [0.717, 1.165) is 25.9 Å². The molecule has 0 aromatic carbocycles. The summed E-state index contributed by atoms with van der Waals surface area (Å²) in [5.74, 6) is 0.246. The van der Waals surface area contributed by atoms with Crippen molar-refractivity contribution in [1.82, 2.24) is 10.6 Å². The second-order valence-electron chi connectivity index (χ2n) is 4.71. The fourth-order valence-electron chi connectivity index (χ4n) is 1.37. The molecule has 6 nitrogen and oxygen atoms in total. The first-order valence-corrected chi connectivity index (χ1v) is 5.83. The average Bonchev–Trinajstić information content (AvgIpc) is 2.26. The van der Waals surface area contributed by atoms with Crippen LogP contribution in [0.1, 0.15) is 33.6 Å². The van der Waals surface area contributed by atoms with Gasteiger partial charge in [0.2, 0.25) is 5.91 Å². The van der Waals surface area contributed by atoms with Gasteiger partial charge < -0.3 is 21.6 Å². The molecule has 0 aliphatic heterocycles. The van der Waals surface area contributed by atoms with Crippen LogP contribution in [0.15, 0.2) is 5.16 Å². The van der Waals surface area contributed by atoms with Crippen molar-refractivity contribution in [2.24, 2.45) is 16.3 Å². The van der Waals surface area contributed by atoms with Gasteiger partial charge in [-0.05, 0) is 19.4 Å². The minimum absolute atomic E-state index is 0.0140. The van der Waals surface area contributed by atoms with Gasteiger partial charge in [0.15, 0.2) is 0 Å². The lowest BCUT2D eigenvalue weighted by atomic mass is 9.86. The Balaban J connectivity index is 3.55. The minimum atomic E-state index is -0.284. The smallest absolute Gasteiger partial charge is 0.216 e. The van der Waals surface area contributed by atoms with E-state index < -0.39 is 0 Å². The van der Waals surface area contributed by atoms with Gasteiger partial charge in [-0.1, -0.05) is 19.0 Å². The van der Waals surface area contributed by atoms with E-state index >= 15 is 0 Å². The Morgan fingerprint density at radius 3 is 2.53 bits per heavy atom. The number of nitrogens with zero attached hydrogens (tertiary/aromatic N) is 1. The first-order valence-electron chi connectivity index (χ1n) is 5.83. The average molecular weight is 244 g/mol. The molecular formula is C11H24N4O2. The minimum Gasteiger partial charge on any atom is -0.409 e. The van der Waals surface area contributed by atoms with Gasteiger partial charge >= 0.3 is 0 Å².